The van der Waals surface area contributed by atoms with Crippen molar-refractivity contribution in [3.63, 3.8) is 0 Å². The molecule has 23 heavy (non-hydrogen) atoms. The number of nitrogens with two attached hydrogens (primary N) is 1. The predicted molar refractivity (Wildman–Crippen MR) is 87.6 cm³/mol. The number of hydrogen-bond donors (Lipinski definition) is 3. The van der Waals surface area contributed by atoms with E-state index in [1.807, 2.05) is 0 Å². The zero-order valence-corrected chi connectivity index (χ0v) is 12.0. The Morgan fingerprint density at radius 2 is 1.70 bits per heavy atom. The first kappa shape index (κ1) is 14.5. The highest BCUT2D eigenvalue weighted by molar-refractivity contribution is 5.94. The number of anilines is 1. The Hall–Kier alpha value is -3.41. The average molecular weight is 307 g/mol. The summed E-state index contributed by atoms with van der Waals surface area (Å²) < 4.78 is 0. The molecule has 6 nitrogen and oxygen atoms in total. The van der Waals surface area contributed by atoms with Gasteiger partial charge in [0.1, 0.15) is 11.4 Å². The lowest BCUT2D eigenvalue weighted by atomic mass is 10.1. The summed E-state index contributed by atoms with van der Waals surface area (Å²) in [6.45, 7) is 0. The van der Waals surface area contributed by atoms with Crippen molar-refractivity contribution in [2.24, 2.45) is 10.2 Å². The molecule has 0 amide bonds. The highest BCUT2D eigenvalue weighted by Crippen LogP contribution is 2.36. The molecule has 0 aromatic heterocycles. The van der Waals surface area contributed by atoms with Crippen LogP contribution in [0.5, 0.6) is 5.75 Å². The van der Waals surface area contributed by atoms with E-state index in [2.05, 4.69) is 10.2 Å². The molecule has 0 bridgehead atoms. The first-order chi connectivity index (χ1) is 11.1. The van der Waals surface area contributed by atoms with Gasteiger partial charge in [0.2, 0.25) is 0 Å². The third kappa shape index (κ3) is 2.82. The van der Waals surface area contributed by atoms with Crippen molar-refractivity contribution in [1.82, 2.24) is 0 Å². The summed E-state index contributed by atoms with van der Waals surface area (Å²) >= 11 is 0. The second-order valence-electron chi connectivity index (χ2n) is 4.94. The van der Waals surface area contributed by atoms with Crippen molar-refractivity contribution in [3.8, 4) is 5.75 Å². The van der Waals surface area contributed by atoms with E-state index in [-0.39, 0.29) is 22.7 Å². The molecule has 0 unspecified atom stereocenters. The van der Waals surface area contributed by atoms with Crippen LogP contribution in [0.15, 0.2) is 64.8 Å². The van der Waals surface area contributed by atoms with Gasteiger partial charge in [-0.1, -0.05) is 18.2 Å². The summed E-state index contributed by atoms with van der Waals surface area (Å²) in [5.41, 5.74) is 6.83. The van der Waals surface area contributed by atoms with E-state index in [9.17, 15) is 9.90 Å². The molecule has 3 rings (SSSR count). The fourth-order valence-corrected chi connectivity index (χ4v) is 2.25. The highest BCUT2D eigenvalue weighted by atomic mass is 16.4. The summed E-state index contributed by atoms with van der Waals surface area (Å²) in [5, 5.41) is 28.7. The van der Waals surface area contributed by atoms with Gasteiger partial charge in [0.15, 0.2) is 5.75 Å². The summed E-state index contributed by atoms with van der Waals surface area (Å²) in [5.74, 6) is -1.11. The third-order valence-electron chi connectivity index (χ3n) is 3.39. The molecule has 3 aromatic rings. The Bertz CT molecular complexity index is 936. The zero-order valence-electron chi connectivity index (χ0n) is 12.0. The number of hydrogen-bond acceptors (Lipinski definition) is 5. The number of phenols is 1. The van der Waals surface area contributed by atoms with Gasteiger partial charge >= 0.3 is 5.97 Å². The van der Waals surface area contributed by atoms with Crippen molar-refractivity contribution in [2.45, 2.75) is 0 Å². The number of nitrogen functional groups attached to an aromatic ring is 1. The Morgan fingerprint density at radius 1 is 0.957 bits per heavy atom. The molecule has 0 aliphatic rings. The van der Waals surface area contributed by atoms with Crippen LogP contribution in [0.3, 0.4) is 0 Å². The van der Waals surface area contributed by atoms with Gasteiger partial charge in [0.25, 0.3) is 0 Å². The number of benzene rings is 3. The average Bonchev–Trinajstić information content (AvgIpc) is 2.54. The molecule has 0 radical (unpaired) electrons. The molecule has 0 saturated heterocycles. The van der Waals surface area contributed by atoms with Crippen molar-refractivity contribution in [2.75, 3.05) is 5.73 Å². The van der Waals surface area contributed by atoms with Gasteiger partial charge in [0.05, 0.1) is 5.56 Å². The Kier molecular flexibility index (Phi) is 3.64. The number of rotatable bonds is 3. The minimum Gasteiger partial charge on any atom is -0.505 e. The quantitative estimate of drug-likeness (QED) is 0.496. The first-order valence-electron chi connectivity index (χ1n) is 6.81. The second kappa shape index (κ2) is 5.76. The van der Waals surface area contributed by atoms with Gasteiger partial charge in [-0.25, -0.2) is 4.79 Å². The zero-order chi connectivity index (χ0) is 16.4. The molecule has 0 aliphatic heterocycles. The number of phenolic OH excluding ortho intramolecular Hbond substituents is 1. The van der Waals surface area contributed by atoms with Crippen molar-refractivity contribution < 1.29 is 15.0 Å². The molecule has 0 fully saturated rings. The van der Waals surface area contributed by atoms with E-state index in [1.165, 1.54) is 6.07 Å². The van der Waals surface area contributed by atoms with E-state index in [1.54, 1.807) is 48.5 Å². The standard InChI is InChI=1S/C17H13N3O3/c18-11-6-7-12-10(9-11)5-8-15(16(12)21)20-19-14-4-2-1-3-13(14)17(22)23/h1-9,21H,18H2,(H,22,23). The summed E-state index contributed by atoms with van der Waals surface area (Å²) in [6.07, 6.45) is 0. The van der Waals surface area contributed by atoms with Crippen molar-refractivity contribution >= 4 is 33.8 Å². The van der Waals surface area contributed by atoms with Gasteiger partial charge in [-0.2, -0.15) is 0 Å². The topological polar surface area (TPSA) is 108 Å². The number of carboxylic acids is 1. The number of azo groups is 1. The number of aromatic hydroxyl groups is 1. The largest absolute Gasteiger partial charge is 0.505 e. The molecule has 6 heteroatoms. The van der Waals surface area contributed by atoms with E-state index >= 15 is 0 Å². The van der Waals surface area contributed by atoms with E-state index in [4.69, 9.17) is 10.8 Å². The smallest absolute Gasteiger partial charge is 0.337 e. The normalized spacial score (nSPS) is 11.1. The van der Waals surface area contributed by atoms with Crippen molar-refractivity contribution in [3.05, 3.63) is 60.2 Å². The van der Waals surface area contributed by atoms with E-state index < -0.39 is 5.97 Å². The number of fused-ring (bicyclic) bond motifs is 1. The maximum absolute atomic E-state index is 11.1. The summed E-state index contributed by atoms with van der Waals surface area (Å²) in [4.78, 5) is 11.1. The molecular formula is C17H13N3O3. The lowest BCUT2D eigenvalue weighted by Gasteiger charge is -2.05. The van der Waals surface area contributed by atoms with Crippen LogP contribution in [-0.4, -0.2) is 16.2 Å². The van der Waals surface area contributed by atoms with Crippen LogP contribution in [-0.2, 0) is 0 Å². The minimum absolute atomic E-state index is 0.0287. The maximum Gasteiger partial charge on any atom is 0.337 e. The Labute approximate surface area is 131 Å². The van der Waals surface area contributed by atoms with Crippen LogP contribution < -0.4 is 5.73 Å². The number of carbonyl (C=O) groups is 1. The minimum atomic E-state index is -1.09. The Balaban J connectivity index is 2.04. The highest BCUT2D eigenvalue weighted by Gasteiger charge is 2.09. The number of nitrogens with zero attached hydrogens (tertiary/aromatic N) is 2. The second-order valence-corrected chi connectivity index (χ2v) is 4.94. The van der Waals surface area contributed by atoms with Gasteiger partial charge in [-0.05, 0) is 41.8 Å². The molecule has 0 atom stereocenters. The van der Waals surface area contributed by atoms with Crippen LogP contribution in [0.25, 0.3) is 10.8 Å². The molecule has 0 aliphatic carbocycles. The molecule has 0 heterocycles. The van der Waals surface area contributed by atoms with Crippen LogP contribution in [0.2, 0.25) is 0 Å². The van der Waals surface area contributed by atoms with Gasteiger partial charge in [-0.15, -0.1) is 10.2 Å². The molecule has 114 valence electrons. The fraction of sp³-hybridized carbons (Fsp3) is 0. The van der Waals surface area contributed by atoms with Crippen molar-refractivity contribution in [1.29, 1.82) is 0 Å². The number of carboxylic acid groups (broad SMARTS) is 1. The monoisotopic (exact) mass is 307 g/mol. The molecule has 3 aromatic carbocycles. The lowest BCUT2D eigenvalue weighted by Crippen LogP contribution is -1.95. The molecule has 4 N–H and O–H groups in total. The SMILES string of the molecule is Nc1ccc2c(O)c(N=Nc3ccccc3C(=O)O)ccc2c1. The van der Waals surface area contributed by atoms with Gasteiger partial charge in [0, 0.05) is 11.1 Å². The van der Waals surface area contributed by atoms with Gasteiger partial charge in [-0.3, -0.25) is 0 Å². The van der Waals surface area contributed by atoms with Crippen LogP contribution in [0, 0.1) is 0 Å². The van der Waals surface area contributed by atoms with Crippen LogP contribution >= 0.6 is 0 Å². The summed E-state index contributed by atoms with van der Waals surface area (Å²) in [6, 6.07) is 14.8. The summed E-state index contributed by atoms with van der Waals surface area (Å²) in [7, 11) is 0. The lowest BCUT2D eigenvalue weighted by molar-refractivity contribution is 0.0697. The molecular weight excluding hydrogens is 294 g/mol. The number of aromatic carboxylic acids is 1. The molecule has 0 spiro atoms. The van der Waals surface area contributed by atoms with E-state index in [0.717, 1.165) is 5.39 Å². The first-order valence-corrected chi connectivity index (χ1v) is 6.81. The van der Waals surface area contributed by atoms with Crippen LogP contribution in [0.1, 0.15) is 10.4 Å². The molecule has 0 saturated carbocycles. The maximum atomic E-state index is 11.1. The Morgan fingerprint density at radius 3 is 2.48 bits per heavy atom. The van der Waals surface area contributed by atoms with Gasteiger partial charge < -0.3 is 15.9 Å². The third-order valence-corrected chi connectivity index (χ3v) is 3.39. The fourth-order valence-electron chi connectivity index (χ4n) is 2.25. The van der Waals surface area contributed by atoms with Crippen LogP contribution in [0.4, 0.5) is 17.1 Å². The predicted octanol–water partition coefficient (Wildman–Crippen LogP) is 4.24. The van der Waals surface area contributed by atoms with E-state index in [0.29, 0.717) is 11.1 Å².